The lowest BCUT2D eigenvalue weighted by Crippen LogP contribution is -2.15. The molecule has 5 nitrogen and oxygen atoms in total. The van der Waals surface area contributed by atoms with Crippen LogP contribution in [0.2, 0.25) is 0 Å². The highest BCUT2D eigenvalue weighted by Crippen LogP contribution is 1.98. The molecule has 0 aliphatic rings. The molecule has 6 heteroatoms. The minimum atomic E-state index is -0.438. The summed E-state index contributed by atoms with van der Waals surface area (Å²) in [6, 6.07) is 0. The van der Waals surface area contributed by atoms with Crippen molar-refractivity contribution < 1.29 is 19.1 Å². The summed E-state index contributed by atoms with van der Waals surface area (Å²) >= 11 is 5.45. The lowest BCUT2D eigenvalue weighted by molar-refractivity contribution is -0.139. The Morgan fingerprint density at radius 1 is 1.13 bits per heavy atom. The molecule has 0 N–H and O–H groups in total. The van der Waals surface area contributed by atoms with Gasteiger partial charge in [-0.05, 0) is 0 Å². The van der Waals surface area contributed by atoms with Crippen LogP contribution in [0.4, 0.5) is 0 Å². The van der Waals surface area contributed by atoms with E-state index in [0.717, 1.165) is 0 Å². The number of aliphatic imine (C=N–C) groups is 1. The van der Waals surface area contributed by atoms with E-state index < -0.39 is 11.9 Å². The summed E-state index contributed by atoms with van der Waals surface area (Å²) in [6.07, 6.45) is -0.0228. The highest BCUT2D eigenvalue weighted by atomic mass is 35.5. The molecule has 0 aromatic rings. The fraction of sp³-hybridized carbons (Fsp3) is 0.667. The Hall–Kier alpha value is -1.10. The van der Waals surface area contributed by atoms with E-state index in [0.29, 0.717) is 18.1 Å². The third-order valence-corrected chi connectivity index (χ3v) is 1.74. The van der Waals surface area contributed by atoms with Gasteiger partial charge in [0.05, 0.1) is 33.6 Å². The molecule has 0 saturated heterocycles. The van der Waals surface area contributed by atoms with E-state index in [2.05, 4.69) is 14.5 Å². The van der Waals surface area contributed by atoms with Crippen molar-refractivity contribution in [3.8, 4) is 0 Å². The Balaban J connectivity index is 4.30. The Bertz CT molecular complexity index is 232. The first-order valence-corrected chi connectivity index (χ1v) is 4.89. The van der Waals surface area contributed by atoms with Crippen molar-refractivity contribution in [2.75, 3.05) is 26.6 Å². The molecule has 0 aliphatic heterocycles. The molecule has 0 heterocycles. The molecule has 0 aromatic carbocycles. The van der Waals surface area contributed by atoms with Gasteiger partial charge in [-0.1, -0.05) is 0 Å². The van der Waals surface area contributed by atoms with Gasteiger partial charge in [-0.25, -0.2) is 0 Å². The van der Waals surface area contributed by atoms with Crippen LogP contribution < -0.4 is 0 Å². The number of carbonyl (C=O) groups excluding carboxylic acids is 2. The fourth-order valence-electron chi connectivity index (χ4n) is 0.852. The van der Waals surface area contributed by atoms with E-state index in [1.165, 1.54) is 14.2 Å². The van der Waals surface area contributed by atoms with Gasteiger partial charge in [0.25, 0.3) is 0 Å². The van der Waals surface area contributed by atoms with E-state index in [-0.39, 0.29) is 12.8 Å². The standard InChI is InChI=1S/C9H14ClNO4/c1-14-8(12)5-7(11-4-3-10)6-9(13)15-2/h3-6H2,1-2H3. The van der Waals surface area contributed by atoms with Crippen LogP contribution in [0.15, 0.2) is 4.99 Å². The van der Waals surface area contributed by atoms with Crippen LogP contribution in [0.25, 0.3) is 0 Å². The number of ether oxygens (including phenoxy) is 2. The van der Waals surface area contributed by atoms with Gasteiger partial charge in [0.1, 0.15) is 0 Å². The Kier molecular flexibility index (Phi) is 7.62. The minimum Gasteiger partial charge on any atom is -0.469 e. The maximum absolute atomic E-state index is 11.0. The first kappa shape index (κ1) is 13.9. The zero-order chi connectivity index (χ0) is 11.7. The van der Waals surface area contributed by atoms with Crippen molar-refractivity contribution >= 4 is 29.3 Å². The quantitative estimate of drug-likeness (QED) is 0.388. The number of halogens is 1. The first-order chi connectivity index (χ1) is 7.13. The zero-order valence-corrected chi connectivity index (χ0v) is 9.54. The normalized spacial score (nSPS) is 9.27. The third-order valence-electron chi connectivity index (χ3n) is 1.57. The monoisotopic (exact) mass is 235 g/mol. The van der Waals surface area contributed by atoms with Crippen LogP contribution in [0.5, 0.6) is 0 Å². The molecular formula is C9H14ClNO4. The van der Waals surface area contributed by atoms with Crippen molar-refractivity contribution in [3.05, 3.63) is 0 Å². The molecule has 0 spiro atoms. The van der Waals surface area contributed by atoms with E-state index >= 15 is 0 Å². The number of nitrogens with zero attached hydrogens (tertiary/aromatic N) is 1. The number of esters is 2. The molecule has 0 unspecified atom stereocenters. The SMILES string of the molecule is COC(=O)CC(CC(=O)OC)=NCCCl. The molecule has 0 aliphatic carbocycles. The number of hydrogen-bond acceptors (Lipinski definition) is 5. The number of methoxy groups -OCH3 is 2. The first-order valence-electron chi connectivity index (χ1n) is 4.35. The maximum Gasteiger partial charge on any atom is 0.311 e. The largest absolute Gasteiger partial charge is 0.469 e. The van der Waals surface area contributed by atoms with Gasteiger partial charge in [-0.3, -0.25) is 14.6 Å². The van der Waals surface area contributed by atoms with Gasteiger partial charge < -0.3 is 9.47 Å². The van der Waals surface area contributed by atoms with Crippen LogP contribution in [-0.4, -0.2) is 44.3 Å². The predicted molar refractivity (Wildman–Crippen MR) is 56.3 cm³/mol. The second kappa shape index (κ2) is 8.23. The molecule has 0 rings (SSSR count). The fourth-order valence-corrected chi connectivity index (χ4v) is 0.937. The van der Waals surface area contributed by atoms with Gasteiger partial charge >= 0.3 is 11.9 Å². The van der Waals surface area contributed by atoms with Crippen molar-refractivity contribution in [2.45, 2.75) is 12.8 Å². The lowest BCUT2D eigenvalue weighted by atomic mass is 10.2. The highest BCUT2D eigenvalue weighted by molar-refractivity contribution is 6.18. The lowest BCUT2D eigenvalue weighted by Gasteiger charge is -2.03. The van der Waals surface area contributed by atoms with Crippen LogP contribution in [0, 0.1) is 0 Å². The predicted octanol–water partition coefficient (Wildman–Crippen LogP) is 0.792. The van der Waals surface area contributed by atoms with Gasteiger partial charge in [0.2, 0.25) is 0 Å². The van der Waals surface area contributed by atoms with Crippen LogP contribution in [0.3, 0.4) is 0 Å². The molecule has 15 heavy (non-hydrogen) atoms. The zero-order valence-electron chi connectivity index (χ0n) is 8.79. The smallest absolute Gasteiger partial charge is 0.311 e. The van der Waals surface area contributed by atoms with Crippen LogP contribution >= 0.6 is 11.6 Å². The van der Waals surface area contributed by atoms with E-state index in [1.54, 1.807) is 0 Å². The summed E-state index contributed by atoms with van der Waals surface area (Å²) in [5.41, 5.74) is 0.425. The average molecular weight is 236 g/mol. The molecule has 0 fully saturated rings. The molecule has 0 saturated carbocycles. The van der Waals surface area contributed by atoms with Crippen LogP contribution in [-0.2, 0) is 19.1 Å². The van der Waals surface area contributed by atoms with Crippen molar-refractivity contribution in [3.63, 3.8) is 0 Å². The van der Waals surface area contributed by atoms with E-state index in [4.69, 9.17) is 11.6 Å². The van der Waals surface area contributed by atoms with Crippen molar-refractivity contribution in [1.29, 1.82) is 0 Å². The number of carbonyl (C=O) groups is 2. The minimum absolute atomic E-state index is 0.0114. The topological polar surface area (TPSA) is 65.0 Å². The van der Waals surface area contributed by atoms with Gasteiger partial charge in [-0.15, -0.1) is 11.6 Å². The number of alkyl halides is 1. The summed E-state index contributed by atoms with van der Waals surface area (Å²) in [5, 5.41) is 0. The Labute approximate surface area is 93.4 Å². The van der Waals surface area contributed by atoms with Crippen LogP contribution in [0.1, 0.15) is 12.8 Å². The Morgan fingerprint density at radius 3 is 1.93 bits per heavy atom. The van der Waals surface area contributed by atoms with E-state index in [9.17, 15) is 9.59 Å². The van der Waals surface area contributed by atoms with Gasteiger partial charge in [0, 0.05) is 11.6 Å². The summed E-state index contributed by atoms with van der Waals surface area (Å²) in [5.74, 6) is -0.536. The molecule has 0 amide bonds. The second-order valence-electron chi connectivity index (χ2n) is 2.64. The average Bonchev–Trinajstić information content (AvgIpc) is 2.25. The Morgan fingerprint density at radius 2 is 1.60 bits per heavy atom. The molecule has 0 radical (unpaired) electrons. The number of hydrogen-bond donors (Lipinski definition) is 0. The number of rotatable bonds is 6. The van der Waals surface area contributed by atoms with Gasteiger partial charge in [-0.2, -0.15) is 0 Å². The maximum atomic E-state index is 11.0. The summed E-state index contributed by atoms with van der Waals surface area (Å²) in [4.78, 5) is 25.9. The summed E-state index contributed by atoms with van der Waals surface area (Å²) in [7, 11) is 2.55. The summed E-state index contributed by atoms with van der Waals surface area (Å²) in [6.45, 7) is 0.366. The van der Waals surface area contributed by atoms with E-state index in [1.807, 2.05) is 0 Å². The highest BCUT2D eigenvalue weighted by Gasteiger charge is 2.12. The molecular weight excluding hydrogens is 222 g/mol. The molecule has 86 valence electrons. The molecule has 0 atom stereocenters. The van der Waals surface area contributed by atoms with Gasteiger partial charge in [0.15, 0.2) is 0 Å². The van der Waals surface area contributed by atoms with Crippen molar-refractivity contribution in [2.24, 2.45) is 4.99 Å². The van der Waals surface area contributed by atoms with Crippen molar-refractivity contribution in [1.82, 2.24) is 0 Å². The second-order valence-corrected chi connectivity index (χ2v) is 3.02. The molecule has 0 aromatic heterocycles. The molecule has 0 bridgehead atoms. The third kappa shape index (κ3) is 6.90. The summed E-state index contributed by atoms with van der Waals surface area (Å²) < 4.78 is 8.94.